The number of ether oxygens (including phenoxy) is 2. The Morgan fingerprint density at radius 1 is 0.833 bits per heavy atom. The molecule has 30 heavy (non-hydrogen) atoms. The number of methoxy groups -OCH3 is 1. The Morgan fingerprint density at radius 2 is 1.47 bits per heavy atom. The molecule has 0 fully saturated rings. The molecule has 0 saturated carbocycles. The number of hydrogen-bond acceptors (Lipinski definition) is 4. The summed E-state index contributed by atoms with van der Waals surface area (Å²) in [5.41, 5.74) is 0.934. The molecule has 0 atom stereocenters. The fourth-order valence-electron chi connectivity index (χ4n) is 3.37. The fraction of sp³-hybridized carbons (Fsp3) is 0.680. The van der Waals surface area contributed by atoms with Gasteiger partial charge in [0.15, 0.2) is 0 Å². The molecule has 170 valence electrons. The highest BCUT2D eigenvalue weighted by atomic mass is 16.5. The fourth-order valence-corrected chi connectivity index (χ4v) is 3.37. The number of carbonyl (C=O) groups excluding carboxylic acids is 2. The number of esters is 1. The predicted octanol–water partition coefficient (Wildman–Crippen LogP) is 5.95. The van der Waals surface area contributed by atoms with Crippen LogP contribution in [0, 0.1) is 0 Å². The Hall–Kier alpha value is -2.04. The zero-order valence-corrected chi connectivity index (χ0v) is 19.0. The first-order chi connectivity index (χ1) is 14.7. The van der Waals surface area contributed by atoms with E-state index in [-0.39, 0.29) is 11.9 Å². The lowest BCUT2D eigenvalue weighted by Crippen LogP contribution is -2.23. The molecule has 0 bridgehead atoms. The third-order valence-electron chi connectivity index (χ3n) is 5.21. The maximum Gasteiger partial charge on any atom is 0.305 e. The van der Waals surface area contributed by atoms with Crippen molar-refractivity contribution >= 4 is 11.9 Å². The lowest BCUT2D eigenvalue weighted by Gasteiger charge is -2.09. The van der Waals surface area contributed by atoms with E-state index >= 15 is 0 Å². The number of hydrogen-bond donors (Lipinski definition) is 1. The zero-order valence-electron chi connectivity index (χ0n) is 19.0. The first-order valence-electron chi connectivity index (χ1n) is 11.7. The highest BCUT2D eigenvalue weighted by molar-refractivity contribution is 5.77. The van der Waals surface area contributed by atoms with Gasteiger partial charge in [0.1, 0.15) is 5.75 Å². The monoisotopic (exact) mass is 419 g/mol. The van der Waals surface area contributed by atoms with E-state index in [1.165, 1.54) is 51.4 Å². The topological polar surface area (TPSA) is 64.6 Å². The van der Waals surface area contributed by atoms with Gasteiger partial charge in [-0.25, -0.2) is 0 Å². The molecule has 5 nitrogen and oxygen atoms in total. The molecule has 0 unspecified atom stereocenters. The molecular formula is C25H41NO4. The van der Waals surface area contributed by atoms with Crippen LogP contribution in [-0.2, 0) is 20.9 Å². The van der Waals surface area contributed by atoms with Gasteiger partial charge in [0.25, 0.3) is 0 Å². The van der Waals surface area contributed by atoms with Gasteiger partial charge < -0.3 is 14.8 Å². The summed E-state index contributed by atoms with van der Waals surface area (Å²) in [6.07, 6.45) is 13.7. The summed E-state index contributed by atoms with van der Waals surface area (Å²) in [6, 6.07) is 7.59. The van der Waals surface area contributed by atoms with Crippen LogP contribution in [0.15, 0.2) is 24.3 Å². The Balaban J connectivity index is 1.95. The van der Waals surface area contributed by atoms with Crippen molar-refractivity contribution in [2.45, 2.75) is 96.9 Å². The van der Waals surface area contributed by atoms with Crippen molar-refractivity contribution in [1.82, 2.24) is 5.32 Å². The number of para-hydroxylation sites is 1. The number of nitrogens with one attached hydrogen (secondary N) is 1. The molecule has 1 rings (SSSR count). The summed E-state index contributed by atoms with van der Waals surface area (Å²) in [4.78, 5) is 23.7. The molecule has 5 heteroatoms. The largest absolute Gasteiger partial charge is 0.496 e. The van der Waals surface area contributed by atoms with Gasteiger partial charge in [0.2, 0.25) is 5.91 Å². The summed E-state index contributed by atoms with van der Waals surface area (Å²) in [5.74, 6) is 0.486. The maximum absolute atomic E-state index is 12.0. The first-order valence-corrected chi connectivity index (χ1v) is 11.7. The minimum absolute atomic E-state index is 0.0663. The number of rotatable bonds is 18. The summed E-state index contributed by atoms with van der Waals surface area (Å²) < 4.78 is 10.5. The predicted molar refractivity (Wildman–Crippen MR) is 121 cm³/mol. The van der Waals surface area contributed by atoms with Crippen LogP contribution in [0.2, 0.25) is 0 Å². The molecule has 0 aromatic heterocycles. The zero-order chi connectivity index (χ0) is 21.9. The highest BCUT2D eigenvalue weighted by Crippen LogP contribution is 2.16. The van der Waals surface area contributed by atoms with E-state index < -0.39 is 0 Å². The van der Waals surface area contributed by atoms with E-state index in [0.717, 1.165) is 24.2 Å². The molecule has 1 aromatic rings. The van der Waals surface area contributed by atoms with Gasteiger partial charge in [-0.2, -0.15) is 0 Å². The molecule has 0 aliphatic heterocycles. The SMILES string of the molecule is CCCCCCCCCCCCOC(=O)CCCC(=O)NCc1ccccc1OC. The van der Waals surface area contributed by atoms with Crippen LogP contribution in [0.1, 0.15) is 96.0 Å². The van der Waals surface area contributed by atoms with E-state index in [1.54, 1.807) is 7.11 Å². The van der Waals surface area contributed by atoms with E-state index in [4.69, 9.17) is 9.47 Å². The smallest absolute Gasteiger partial charge is 0.305 e. The van der Waals surface area contributed by atoms with Gasteiger partial charge in [0, 0.05) is 24.9 Å². The molecule has 1 amide bonds. The van der Waals surface area contributed by atoms with Crippen molar-refractivity contribution < 1.29 is 19.1 Å². The highest BCUT2D eigenvalue weighted by Gasteiger charge is 2.08. The second kappa shape index (κ2) is 17.8. The van der Waals surface area contributed by atoms with Crippen LogP contribution in [0.3, 0.4) is 0 Å². The van der Waals surface area contributed by atoms with Crippen LogP contribution in [0.5, 0.6) is 5.75 Å². The van der Waals surface area contributed by atoms with Crippen LogP contribution in [-0.4, -0.2) is 25.6 Å². The quantitative estimate of drug-likeness (QED) is 0.236. The Bertz CT molecular complexity index is 588. The standard InChI is InChI=1S/C25H41NO4/c1-3-4-5-6-7-8-9-10-11-14-20-30-25(28)19-15-18-24(27)26-21-22-16-12-13-17-23(22)29-2/h12-13,16-17H,3-11,14-15,18-21H2,1-2H3,(H,26,27). The summed E-state index contributed by atoms with van der Waals surface area (Å²) in [7, 11) is 1.61. The molecule has 0 saturated heterocycles. The second-order valence-electron chi connectivity index (χ2n) is 7.84. The minimum atomic E-state index is -0.205. The molecule has 0 heterocycles. The van der Waals surface area contributed by atoms with Crippen LogP contribution in [0.25, 0.3) is 0 Å². The van der Waals surface area contributed by atoms with E-state index in [9.17, 15) is 9.59 Å². The van der Waals surface area contributed by atoms with Crippen LogP contribution < -0.4 is 10.1 Å². The Morgan fingerprint density at radius 3 is 2.13 bits per heavy atom. The van der Waals surface area contributed by atoms with Crippen molar-refractivity contribution in [3.8, 4) is 5.75 Å². The van der Waals surface area contributed by atoms with E-state index in [2.05, 4.69) is 12.2 Å². The van der Waals surface area contributed by atoms with Gasteiger partial charge >= 0.3 is 5.97 Å². The number of carbonyl (C=O) groups is 2. The van der Waals surface area contributed by atoms with Gasteiger partial charge in [-0.1, -0.05) is 82.9 Å². The lowest BCUT2D eigenvalue weighted by atomic mass is 10.1. The molecule has 1 N–H and O–H groups in total. The Kier molecular flexibility index (Phi) is 15.4. The molecule has 1 aromatic carbocycles. The average Bonchev–Trinajstić information content (AvgIpc) is 2.76. The molecule has 0 spiro atoms. The first kappa shape index (κ1) is 26.0. The molecule has 0 aliphatic rings. The third kappa shape index (κ3) is 13.2. The normalized spacial score (nSPS) is 10.6. The average molecular weight is 420 g/mol. The summed E-state index contributed by atoms with van der Waals surface area (Å²) >= 11 is 0. The van der Waals surface area contributed by atoms with Gasteiger partial charge in [-0.15, -0.1) is 0 Å². The van der Waals surface area contributed by atoms with Crippen molar-refractivity contribution in [2.75, 3.05) is 13.7 Å². The van der Waals surface area contributed by atoms with Crippen molar-refractivity contribution in [2.24, 2.45) is 0 Å². The van der Waals surface area contributed by atoms with Gasteiger partial charge in [0.05, 0.1) is 13.7 Å². The van der Waals surface area contributed by atoms with Crippen molar-refractivity contribution in [3.05, 3.63) is 29.8 Å². The third-order valence-corrected chi connectivity index (χ3v) is 5.21. The van der Waals surface area contributed by atoms with Gasteiger partial charge in [-0.05, 0) is 18.9 Å². The summed E-state index contributed by atoms with van der Waals surface area (Å²) in [6.45, 7) is 3.16. The lowest BCUT2D eigenvalue weighted by molar-refractivity contribution is -0.143. The number of benzene rings is 1. The van der Waals surface area contributed by atoms with Crippen molar-refractivity contribution in [1.29, 1.82) is 0 Å². The van der Waals surface area contributed by atoms with Gasteiger partial charge in [-0.3, -0.25) is 9.59 Å². The summed E-state index contributed by atoms with van der Waals surface area (Å²) in [5, 5.41) is 2.87. The van der Waals surface area contributed by atoms with E-state index in [0.29, 0.717) is 32.4 Å². The molecular weight excluding hydrogens is 378 g/mol. The number of unbranched alkanes of at least 4 members (excludes halogenated alkanes) is 9. The second-order valence-corrected chi connectivity index (χ2v) is 7.84. The van der Waals surface area contributed by atoms with Crippen molar-refractivity contribution in [3.63, 3.8) is 0 Å². The van der Waals surface area contributed by atoms with Crippen LogP contribution >= 0.6 is 0 Å². The minimum Gasteiger partial charge on any atom is -0.496 e. The van der Waals surface area contributed by atoms with E-state index in [1.807, 2.05) is 24.3 Å². The molecule has 0 aliphatic carbocycles. The van der Waals surface area contributed by atoms with Crippen LogP contribution in [0.4, 0.5) is 0 Å². The Labute approximate surface area is 182 Å². The maximum atomic E-state index is 12.0. The molecule has 0 radical (unpaired) electrons. The number of amides is 1.